The Bertz CT molecular complexity index is 2010. The van der Waals surface area contributed by atoms with E-state index in [0.29, 0.717) is 17.5 Å². The number of carbonyl (C=O) groups is 4. The van der Waals surface area contributed by atoms with Gasteiger partial charge in [0, 0.05) is 83.2 Å². The van der Waals surface area contributed by atoms with Gasteiger partial charge in [-0.3, -0.25) is 34.3 Å². The van der Waals surface area contributed by atoms with Gasteiger partial charge in [-0.15, -0.1) is 0 Å². The molecule has 1 aromatic heterocycles. The minimum Gasteiger partial charge on any atom is -0.490 e. The minimum absolute atomic E-state index is 0.0391. The Hall–Kier alpha value is -5.77. The summed E-state index contributed by atoms with van der Waals surface area (Å²) < 4.78 is 45.6. The van der Waals surface area contributed by atoms with Crippen molar-refractivity contribution in [3.05, 3.63) is 77.5 Å². The number of nitriles is 1. The standard InChI is InChI=1S/C40H46F3N9O6/c1-39(57,38(56)46-29-6-5-27(25-44)32(23-29)40(41,42)43)26-58-31-9-7-30(8-10-31)51-19-15-49(16-20-51)13-14-50-17-21-52(22-18-50)34-4-2-3-28(45-34)24-36(54)47-33-11-12-35(53)48-37(33)55/h2-10,23,33,57H,11-22,24,26H2,1H3,(H,46,56)(H,47,54)(H,48,53,55). The van der Waals surface area contributed by atoms with E-state index in [-0.39, 0.29) is 36.8 Å². The van der Waals surface area contributed by atoms with Crippen LogP contribution in [0.2, 0.25) is 0 Å². The summed E-state index contributed by atoms with van der Waals surface area (Å²) in [6, 6.07) is 16.4. The monoisotopic (exact) mass is 805 g/mol. The molecule has 18 heteroatoms. The molecule has 3 fully saturated rings. The van der Waals surface area contributed by atoms with Crippen molar-refractivity contribution in [3.63, 3.8) is 0 Å². The summed E-state index contributed by atoms with van der Waals surface area (Å²) in [5, 5.41) is 26.9. The lowest BCUT2D eigenvalue weighted by atomic mass is 10.1. The number of hydrogen-bond donors (Lipinski definition) is 4. The fourth-order valence-electron chi connectivity index (χ4n) is 6.96. The van der Waals surface area contributed by atoms with Crippen molar-refractivity contribution in [2.24, 2.45) is 0 Å². The lowest BCUT2D eigenvalue weighted by molar-refractivity contribution is -0.138. The van der Waals surface area contributed by atoms with Gasteiger partial charge in [0.05, 0.1) is 29.3 Å². The second kappa shape index (κ2) is 18.2. The number of anilines is 3. The topological polar surface area (TPSA) is 183 Å². The number of benzene rings is 2. The molecule has 4 heterocycles. The van der Waals surface area contributed by atoms with Crippen LogP contribution in [0, 0.1) is 11.3 Å². The molecule has 0 spiro atoms. The molecule has 58 heavy (non-hydrogen) atoms. The van der Waals surface area contributed by atoms with E-state index in [2.05, 4.69) is 35.6 Å². The lowest BCUT2D eigenvalue weighted by Crippen LogP contribution is -2.52. The first-order valence-electron chi connectivity index (χ1n) is 19.1. The van der Waals surface area contributed by atoms with Crippen LogP contribution in [0.15, 0.2) is 60.7 Å². The summed E-state index contributed by atoms with van der Waals surface area (Å²) in [7, 11) is 0. The molecule has 0 radical (unpaired) electrons. The third-order valence-electron chi connectivity index (χ3n) is 10.4. The maximum Gasteiger partial charge on any atom is 0.417 e. The molecule has 4 N–H and O–H groups in total. The van der Waals surface area contributed by atoms with E-state index in [1.807, 2.05) is 24.3 Å². The second-order valence-corrected chi connectivity index (χ2v) is 14.8. The van der Waals surface area contributed by atoms with E-state index in [9.17, 15) is 37.5 Å². The van der Waals surface area contributed by atoms with E-state index in [1.54, 1.807) is 18.2 Å². The minimum atomic E-state index is -4.79. The van der Waals surface area contributed by atoms with Crippen LogP contribution in [0.1, 0.15) is 36.6 Å². The highest BCUT2D eigenvalue weighted by molar-refractivity contribution is 6.01. The first-order valence-corrected chi connectivity index (χ1v) is 19.1. The zero-order chi connectivity index (χ0) is 41.5. The van der Waals surface area contributed by atoms with Crippen LogP contribution in [0.4, 0.5) is 30.4 Å². The smallest absolute Gasteiger partial charge is 0.417 e. The normalized spacial score (nSPS) is 19.1. The van der Waals surface area contributed by atoms with Crippen LogP contribution in [0.5, 0.6) is 5.75 Å². The molecule has 3 aliphatic heterocycles. The summed E-state index contributed by atoms with van der Waals surface area (Å²) in [5.41, 5.74) is -2.44. The summed E-state index contributed by atoms with van der Waals surface area (Å²) in [4.78, 5) is 62.8. The van der Waals surface area contributed by atoms with Crippen molar-refractivity contribution in [1.29, 1.82) is 5.26 Å². The maximum absolute atomic E-state index is 13.3. The van der Waals surface area contributed by atoms with Gasteiger partial charge in [0.1, 0.15) is 24.2 Å². The van der Waals surface area contributed by atoms with Crippen LogP contribution < -0.4 is 30.5 Å². The molecule has 2 unspecified atom stereocenters. The van der Waals surface area contributed by atoms with Gasteiger partial charge < -0.3 is 30.3 Å². The molecule has 6 rings (SSSR count). The number of halogens is 3. The fourth-order valence-corrected chi connectivity index (χ4v) is 6.96. The van der Waals surface area contributed by atoms with Crippen molar-refractivity contribution >= 4 is 40.8 Å². The van der Waals surface area contributed by atoms with E-state index in [0.717, 1.165) is 89.1 Å². The quantitative estimate of drug-likeness (QED) is 0.185. The summed E-state index contributed by atoms with van der Waals surface area (Å²) >= 11 is 0. The molecule has 3 aliphatic rings. The fraction of sp³-hybridized carbons (Fsp3) is 0.450. The molecule has 3 saturated heterocycles. The molecule has 15 nitrogen and oxygen atoms in total. The molecule has 0 bridgehead atoms. The Kier molecular flexibility index (Phi) is 13.1. The third-order valence-corrected chi connectivity index (χ3v) is 10.4. The number of rotatable bonds is 13. The summed E-state index contributed by atoms with van der Waals surface area (Å²) in [6.45, 7) is 9.48. The van der Waals surface area contributed by atoms with Gasteiger partial charge >= 0.3 is 6.18 Å². The summed E-state index contributed by atoms with van der Waals surface area (Å²) in [6.07, 6.45) is -4.27. The number of amides is 4. The Morgan fingerprint density at radius 1 is 0.948 bits per heavy atom. The number of aliphatic hydroxyl groups is 1. The molecule has 3 aromatic rings. The highest BCUT2D eigenvalue weighted by Crippen LogP contribution is 2.34. The average Bonchev–Trinajstić information content (AvgIpc) is 3.20. The van der Waals surface area contributed by atoms with Crippen molar-refractivity contribution in [2.45, 2.75) is 44.0 Å². The second-order valence-electron chi connectivity index (χ2n) is 14.8. The number of hydrogen-bond acceptors (Lipinski definition) is 12. The molecule has 2 aromatic carbocycles. The van der Waals surface area contributed by atoms with Crippen LogP contribution in [-0.2, 0) is 31.8 Å². The number of carbonyl (C=O) groups excluding carboxylic acids is 4. The highest BCUT2D eigenvalue weighted by Gasteiger charge is 2.36. The SMILES string of the molecule is CC(O)(COc1ccc(N2CCN(CCN3CCN(c4cccc(CC(=O)NC5CCC(=O)NC5=O)n4)CC3)CC2)cc1)C(=O)Nc1ccc(C#N)c(C(F)(F)F)c1. The number of piperazine rings is 2. The molecule has 2 atom stereocenters. The molecule has 0 saturated carbocycles. The van der Waals surface area contributed by atoms with Crippen LogP contribution in [0.25, 0.3) is 0 Å². The number of piperidine rings is 1. The highest BCUT2D eigenvalue weighted by atomic mass is 19.4. The van der Waals surface area contributed by atoms with Gasteiger partial charge in [-0.1, -0.05) is 6.07 Å². The zero-order valence-corrected chi connectivity index (χ0v) is 32.1. The van der Waals surface area contributed by atoms with Crippen molar-refractivity contribution in [3.8, 4) is 11.8 Å². The van der Waals surface area contributed by atoms with Gasteiger partial charge in [-0.05, 0) is 67.9 Å². The van der Waals surface area contributed by atoms with E-state index >= 15 is 0 Å². The van der Waals surface area contributed by atoms with Gasteiger partial charge in [0.25, 0.3) is 5.91 Å². The van der Waals surface area contributed by atoms with Gasteiger partial charge in [-0.2, -0.15) is 18.4 Å². The zero-order valence-electron chi connectivity index (χ0n) is 32.1. The van der Waals surface area contributed by atoms with Crippen LogP contribution in [0.3, 0.4) is 0 Å². The third kappa shape index (κ3) is 11.0. The Labute approximate surface area is 333 Å². The number of pyridine rings is 1. The first-order chi connectivity index (χ1) is 27.7. The number of nitrogens with one attached hydrogen (secondary N) is 3. The number of ether oxygens (including phenoxy) is 1. The van der Waals surface area contributed by atoms with Crippen molar-refractivity contribution < 1.29 is 42.2 Å². The van der Waals surface area contributed by atoms with Gasteiger partial charge in [0.2, 0.25) is 17.7 Å². The number of aromatic nitrogens is 1. The first kappa shape index (κ1) is 41.9. The largest absolute Gasteiger partial charge is 0.490 e. The van der Waals surface area contributed by atoms with E-state index in [4.69, 9.17) is 15.0 Å². The maximum atomic E-state index is 13.3. The van der Waals surface area contributed by atoms with Crippen LogP contribution in [-0.4, -0.2) is 127 Å². The summed E-state index contributed by atoms with van der Waals surface area (Å²) in [5.74, 6) is -0.872. The Morgan fingerprint density at radius 3 is 2.22 bits per heavy atom. The Balaban J connectivity index is 0.883. The molecular weight excluding hydrogens is 759 g/mol. The Morgan fingerprint density at radius 2 is 1.60 bits per heavy atom. The molecule has 4 amide bonds. The predicted molar refractivity (Wildman–Crippen MR) is 207 cm³/mol. The number of imide groups is 1. The predicted octanol–water partition coefficient (Wildman–Crippen LogP) is 2.15. The molecule has 0 aliphatic carbocycles. The lowest BCUT2D eigenvalue weighted by Gasteiger charge is -2.39. The number of nitrogens with zero attached hydrogens (tertiary/aromatic N) is 6. The van der Waals surface area contributed by atoms with Crippen molar-refractivity contribution in [1.82, 2.24) is 25.4 Å². The molecular formula is C40H46F3N9O6. The van der Waals surface area contributed by atoms with Crippen LogP contribution >= 0.6 is 0 Å². The van der Waals surface area contributed by atoms with Gasteiger partial charge in [-0.25, -0.2) is 4.98 Å². The molecule has 308 valence electrons. The van der Waals surface area contributed by atoms with Gasteiger partial charge in [0.15, 0.2) is 5.60 Å². The van der Waals surface area contributed by atoms with E-state index in [1.165, 1.54) is 13.0 Å². The number of alkyl halides is 3. The average molecular weight is 806 g/mol. The van der Waals surface area contributed by atoms with E-state index < -0.39 is 47.4 Å². The van der Waals surface area contributed by atoms with Crippen molar-refractivity contribution in [2.75, 3.05) is 87.2 Å².